The second-order valence-electron chi connectivity index (χ2n) is 4.96. The van der Waals surface area contributed by atoms with Crippen LogP contribution in [-0.2, 0) is 0 Å². The molecule has 0 aliphatic carbocycles. The maximum Gasteiger partial charge on any atom is 0.274 e. The summed E-state index contributed by atoms with van der Waals surface area (Å²) >= 11 is 0. The van der Waals surface area contributed by atoms with E-state index in [-0.39, 0.29) is 18.4 Å². The zero-order valence-electron chi connectivity index (χ0n) is 10.9. The lowest BCUT2D eigenvalue weighted by Gasteiger charge is -2.37. The van der Waals surface area contributed by atoms with E-state index in [9.17, 15) is 4.79 Å². The Morgan fingerprint density at radius 1 is 1.35 bits per heavy atom. The standard InChI is InChI=1S/C14H16N4O2/c15-11-3-1-2-4-13(11)18-6-5-12(16-18)14(20)17-7-10(8-17)9-19/h1-6,10,19H,7-9,15H2. The second kappa shape index (κ2) is 4.97. The van der Waals surface area contributed by atoms with Crippen LogP contribution in [0.25, 0.3) is 5.69 Å². The number of aliphatic hydroxyl groups excluding tert-OH is 1. The van der Waals surface area contributed by atoms with Crippen LogP contribution in [0.3, 0.4) is 0 Å². The van der Waals surface area contributed by atoms with Gasteiger partial charge in [-0.15, -0.1) is 0 Å². The number of hydrogen-bond donors (Lipinski definition) is 2. The maximum atomic E-state index is 12.2. The first-order valence-electron chi connectivity index (χ1n) is 6.49. The van der Waals surface area contributed by atoms with Gasteiger partial charge in [0.05, 0.1) is 11.4 Å². The minimum Gasteiger partial charge on any atom is -0.397 e. The number of aromatic nitrogens is 2. The molecule has 6 nitrogen and oxygen atoms in total. The zero-order valence-corrected chi connectivity index (χ0v) is 10.9. The van der Waals surface area contributed by atoms with Crippen molar-refractivity contribution in [1.29, 1.82) is 0 Å². The van der Waals surface area contributed by atoms with Crippen molar-refractivity contribution in [3.63, 3.8) is 0 Å². The van der Waals surface area contributed by atoms with Crippen molar-refractivity contribution >= 4 is 11.6 Å². The highest BCUT2D eigenvalue weighted by atomic mass is 16.3. The molecule has 1 aliphatic heterocycles. The number of nitrogens with zero attached hydrogens (tertiary/aromatic N) is 3. The van der Waals surface area contributed by atoms with E-state index in [0.29, 0.717) is 24.5 Å². The molecule has 0 unspecified atom stereocenters. The summed E-state index contributed by atoms with van der Waals surface area (Å²) in [5, 5.41) is 13.2. The molecule has 0 bridgehead atoms. The third-order valence-corrected chi connectivity index (χ3v) is 3.49. The van der Waals surface area contributed by atoms with Crippen LogP contribution in [0.5, 0.6) is 0 Å². The molecule has 0 saturated carbocycles. The average Bonchev–Trinajstić information content (AvgIpc) is 2.87. The minimum absolute atomic E-state index is 0.108. The minimum atomic E-state index is -0.108. The Labute approximate surface area is 116 Å². The van der Waals surface area contributed by atoms with E-state index in [4.69, 9.17) is 10.8 Å². The summed E-state index contributed by atoms with van der Waals surface area (Å²) in [5.74, 6) is 0.0914. The number of benzene rings is 1. The Morgan fingerprint density at radius 2 is 2.10 bits per heavy atom. The van der Waals surface area contributed by atoms with Crippen LogP contribution in [0.4, 0.5) is 5.69 Å². The van der Waals surface area contributed by atoms with Gasteiger partial charge in [0.2, 0.25) is 0 Å². The largest absolute Gasteiger partial charge is 0.397 e. The molecule has 20 heavy (non-hydrogen) atoms. The third-order valence-electron chi connectivity index (χ3n) is 3.49. The first kappa shape index (κ1) is 12.7. The predicted molar refractivity (Wildman–Crippen MR) is 74.5 cm³/mol. The summed E-state index contributed by atoms with van der Waals surface area (Å²) in [7, 11) is 0. The summed E-state index contributed by atoms with van der Waals surface area (Å²) in [5.41, 5.74) is 7.64. The van der Waals surface area contributed by atoms with Crippen molar-refractivity contribution < 1.29 is 9.90 Å². The van der Waals surface area contributed by atoms with E-state index in [1.807, 2.05) is 18.2 Å². The number of nitrogens with two attached hydrogens (primary N) is 1. The highest BCUT2D eigenvalue weighted by molar-refractivity contribution is 5.92. The number of nitrogen functional groups attached to an aromatic ring is 1. The summed E-state index contributed by atoms with van der Waals surface area (Å²) in [4.78, 5) is 13.8. The second-order valence-corrected chi connectivity index (χ2v) is 4.96. The molecule has 2 aromatic rings. The molecule has 6 heteroatoms. The first-order chi connectivity index (χ1) is 9.69. The van der Waals surface area contributed by atoms with Crippen LogP contribution in [0.2, 0.25) is 0 Å². The van der Waals surface area contributed by atoms with E-state index >= 15 is 0 Å². The molecule has 2 heterocycles. The van der Waals surface area contributed by atoms with Crippen LogP contribution < -0.4 is 5.73 Å². The molecule has 1 aromatic heterocycles. The number of para-hydroxylation sites is 2. The van der Waals surface area contributed by atoms with E-state index in [1.165, 1.54) is 0 Å². The fourth-order valence-electron chi connectivity index (χ4n) is 2.28. The quantitative estimate of drug-likeness (QED) is 0.798. The van der Waals surface area contributed by atoms with E-state index in [1.54, 1.807) is 27.9 Å². The number of likely N-dealkylation sites (tertiary alicyclic amines) is 1. The van der Waals surface area contributed by atoms with Gasteiger partial charge in [-0.3, -0.25) is 4.79 Å². The third kappa shape index (κ3) is 2.14. The monoisotopic (exact) mass is 272 g/mol. The van der Waals surface area contributed by atoms with Crippen molar-refractivity contribution in [2.45, 2.75) is 0 Å². The first-order valence-corrected chi connectivity index (χ1v) is 6.49. The highest BCUT2D eigenvalue weighted by Gasteiger charge is 2.31. The number of carbonyl (C=O) groups excluding carboxylic acids is 1. The lowest BCUT2D eigenvalue weighted by atomic mass is 10.0. The van der Waals surface area contributed by atoms with Crippen molar-refractivity contribution in [3.05, 3.63) is 42.2 Å². The molecule has 104 valence electrons. The average molecular weight is 272 g/mol. The Balaban J connectivity index is 1.78. The molecule has 3 rings (SSSR count). The van der Waals surface area contributed by atoms with Gasteiger partial charge in [-0.25, -0.2) is 4.68 Å². The van der Waals surface area contributed by atoms with Gasteiger partial charge in [-0.05, 0) is 18.2 Å². The Kier molecular flexibility index (Phi) is 3.15. The Hall–Kier alpha value is -2.34. The van der Waals surface area contributed by atoms with Gasteiger partial charge in [-0.2, -0.15) is 5.10 Å². The topological polar surface area (TPSA) is 84.4 Å². The maximum absolute atomic E-state index is 12.2. The molecule has 3 N–H and O–H groups in total. The van der Waals surface area contributed by atoms with Gasteiger partial charge in [0.1, 0.15) is 0 Å². The number of anilines is 1. The summed E-state index contributed by atoms with van der Waals surface area (Å²) in [6.45, 7) is 1.31. The lowest BCUT2D eigenvalue weighted by molar-refractivity contribution is 0.0356. The van der Waals surface area contributed by atoms with E-state index in [0.717, 1.165) is 5.69 Å². The van der Waals surface area contributed by atoms with Gasteiger partial charge >= 0.3 is 0 Å². The molecule has 1 saturated heterocycles. The molecule has 0 atom stereocenters. The Morgan fingerprint density at radius 3 is 2.80 bits per heavy atom. The van der Waals surface area contributed by atoms with Crippen LogP contribution >= 0.6 is 0 Å². The van der Waals surface area contributed by atoms with Crippen molar-refractivity contribution in [2.24, 2.45) is 5.92 Å². The van der Waals surface area contributed by atoms with Gasteiger partial charge < -0.3 is 15.7 Å². The van der Waals surface area contributed by atoms with Crippen molar-refractivity contribution in [3.8, 4) is 5.69 Å². The van der Waals surface area contributed by atoms with Gasteiger partial charge in [0, 0.05) is 31.8 Å². The Bertz CT molecular complexity index is 632. The van der Waals surface area contributed by atoms with E-state index < -0.39 is 0 Å². The molecule has 0 radical (unpaired) electrons. The fourth-order valence-corrected chi connectivity index (χ4v) is 2.28. The van der Waals surface area contributed by atoms with Crippen LogP contribution in [0.15, 0.2) is 36.5 Å². The number of rotatable bonds is 3. The molecule has 1 fully saturated rings. The van der Waals surface area contributed by atoms with Gasteiger partial charge in [0.25, 0.3) is 5.91 Å². The van der Waals surface area contributed by atoms with Crippen LogP contribution in [0, 0.1) is 5.92 Å². The zero-order chi connectivity index (χ0) is 14.1. The number of aliphatic hydroxyl groups is 1. The molecule has 1 amide bonds. The SMILES string of the molecule is Nc1ccccc1-n1ccc(C(=O)N2CC(CO)C2)n1. The van der Waals surface area contributed by atoms with Crippen LogP contribution in [0.1, 0.15) is 10.5 Å². The molecule has 1 aliphatic rings. The molecular formula is C14H16N4O2. The van der Waals surface area contributed by atoms with Crippen LogP contribution in [-0.4, -0.2) is 45.4 Å². The highest BCUT2D eigenvalue weighted by Crippen LogP contribution is 2.19. The predicted octanol–water partition coefficient (Wildman–Crippen LogP) is 0.519. The van der Waals surface area contributed by atoms with Gasteiger partial charge in [0.15, 0.2) is 5.69 Å². The number of hydrogen-bond acceptors (Lipinski definition) is 4. The molecular weight excluding hydrogens is 256 g/mol. The lowest BCUT2D eigenvalue weighted by Crippen LogP contribution is -2.51. The number of carbonyl (C=O) groups is 1. The number of amides is 1. The fraction of sp³-hybridized carbons (Fsp3) is 0.286. The smallest absolute Gasteiger partial charge is 0.274 e. The summed E-state index contributed by atoms with van der Waals surface area (Å²) < 4.78 is 1.60. The summed E-state index contributed by atoms with van der Waals surface area (Å²) in [6, 6.07) is 9.04. The summed E-state index contributed by atoms with van der Waals surface area (Å²) in [6.07, 6.45) is 1.72. The van der Waals surface area contributed by atoms with Gasteiger partial charge in [-0.1, -0.05) is 12.1 Å². The van der Waals surface area contributed by atoms with Crippen molar-refractivity contribution in [2.75, 3.05) is 25.4 Å². The van der Waals surface area contributed by atoms with E-state index in [2.05, 4.69) is 5.10 Å². The van der Waals surface area contributed by atoms with Crippen molar-refractivity contribution in [1.82, 2.24) is 14.7 Å². The molecule has 1 aromatic carbocycles. The molecule has 0 spiro atoms. The normalized spacial score (nSPS) is 15.2.